The third-order valence-corrected chi connectivity index (χ3v) is 3.62. The molecule has 0 radical (unpaired) electrons. The van der Waals surface area contributed by atoms with Crippen molar-refractivity contribution >= 4 is 0 Å². The Morgan fingerprint density at radius 1 is 1.26 bits per heavy atom. The average Bonchev–Trinajstić information content (AvgIpc) is 2.68. The zero-order chi connectivity index (χ0) is 13.5. The molecule has 2 rings (SSSR count). The summed E-state index contributed by atoms with van der Waals surface area (Å²) >= 11 is 0. The lowest BCUT2D eigenvalue weighted by molar-refractivity contribution is 0.155. The van der Waals surface area contributed by atoms with Crippen LogP contribution in [0, 0.1) is 0 Å². The van der Waals surface area contributed by atoms with Gasteiger partial charge in [0.1, 0.15) is 6.10 Å². The maximum absolute atomic E-state index is 9.90. The van der Waals surface area contributed by atoms with Crippen LogP contribution in [0.15, 0.2) is 18.2 Å². The van der Waals surface area contributed by atoms with E-state index in [1.165, 1.54) is 25.7 Å². The molecule has 4 heteroatoms. The van der Waals surface area contributed by atoms with Crippen molar-refractivity contribution in [2.75, 3.05) is 6.54 Å². The molecular weight excluding hydrogens is 240 g/mol. The van der Waals surface area contributed by atoms with Crippen LogP contribution in [0.3, 0.4) is 0 Å². The number of aromatic nitrogens is 1. The Balaban J connectivity index is 1.97. The van der Waals surface area contributed by atoms with Gasteiger partial charge in [0.05, 0.1) is 11.8 Å². The van der Waals surface area contributed by atoms with Crippen molar-refractivity contribution in [1.29, 1.82) is 0 Å². The van der Waals surface area contributed by atoms with E-state index >= 15 is 0 Å². The summed E-state index contributed by atoms with van der Waals surface area (Å²) in [6, 6.07) is 5.57. The molecule has 0 aliphatic heterocycles. The van der Waals surface area contributed by atoms with Gasteiger partial charge in [0, 0.05) is 6.07 Å². The summed E-state index contributed by atoms with van der Waals surface area (Å²) < 4.78 is 5.95. The minimum absolute atomic E-state index is 0.275. The Hall–Kier alpha value is -1.13. The second kappa shape index (κ2) is 7.46. The molecule has 106 valence electrons. The molecule has 1 saturated carbocycles. The molecule has 0 amide bonds. The Labute approximate surface area is 115 Å². The Morgan fingerprint density at radius 3 is 2.68 bits per heavy atom. The van der Waals surface area contributed by atoms with E-state index in [1.807, 2.05) is 18.2 Å². The number of pyridine rings is 1. The summed E-state index contributed by atoms with van der Waals surface area (Å²) in [5, 5.41) is 9.90. The van der Waals surface area contributed by atoms with E-state index in [1.54, 1.807) is 0 Å². The van der Waals surface area contributed by atoms with Crippen molar-refractivity contribution in [1.82, 2.24) is 4.98 Å². The van der Waals surface area contributed by atoms with E-state index in [9.17, 15) is 5.11 Å². The lowest BCUT2D eigenvalue weighted by Gasteiger charge is -2.17. The average molecular weight is 264 g/mol. The molecule has 0 unspecified atom stereocenters. The Bertz CT molecular complexity index is 376. The SMILES string of the molecule is NCC[C@@H](O)c1cccc(OC2CCCCCC2)n1. The third kappa shape index (κ3) is 4.48. The number of nitrogens with zero attached hydrogens (tertiary/aromatic N) is 1. The maximum atomic E-state index is 9.90. The minimum atomic E-state index is -0.595. The first kappa shape index (κ1) is 14.3. The topological polar surface area (TPSA) is 68.4 Å². The predicted octanol–water partition coefficient (Wildman–Crippen LogP) is 2.57. The number of aliphatic hydroxyl groups is 1. The van der Waals surface area contributed by atoms with Gasteiger partial charge in [0.15, 0.2) is 0 Å². The molecular formula is C15H24N2O2. The summed E-state index contributed by atoms with van der Waals surface area (Å²) in [5.74, 6) is 0.625. The molecule has 0 saturated heterocycles. The van der Waals surface area contributed by atoms with Crippen molar-refractivity contribution in [2.24, 2.45) is 5.73 Å². The fourth-order valence-corrected chi connectivity index (χ4v) is 2.52. The summed E-state index contributed by atoms with van der Waals surface area (Å²) in [5.41, 5.74) is 6.10. The third-order valence-electron chi connectivity index (χ3n) is 3.62. The van der Waals surface area contributed by atoms with Crippen LogP contribution in [0.2, 0.25) is 0 Å². The summed E-state index contributed by atoms with van der Waals surface area (Å²) in [6.07, 6.45) is 7.51. The highest BCUT2D eigenvalue weighted by atomic mass is 16.5. The molecule has 4 nitrogen and oxygen atoms in total. The van der Waals surface area contributed by atoms with Gasteiger partial charge in [-0.25, -0.2) is 4.98 Å². The van der Waals surface area contributed by atoms with E-state index in [-0.39, 0.29) is 6.10 Å². The smallest absolute Gasteiger partial charge is 0.213 e. The zero-order valence-corrected chi connectivity index (χ0v) is 11.4. The van der Waals surface area contributed by atoms with E-state index in [2.05, 4.69) is 4.98 Å². The molecule has 19 heavy (non-hydrogen) atoms. The van der Waals surface area contributed by atoms with Gasteiger partial charge in [-0.2, -0.15) is 0 Å². The van der Waals surface area contributed by atoms with Gasteiger partial charge >= 0.3 is 0 Å². The lowest BCUT2D eigenvalue weighted by Crippen LogP contribution is -2.16. The van der Waals surface area contributed by atoms with Crippen molar-refractivity contribution in [3.63, 3.8) is 0 Å². The number of aliphatic hydroxyl groups excluding tert-OH is 1. The van der Waals surface area contributed by atoms with Crippen LogP contribution in [0.4, 0.5) is 0 Å². The molecule has 1 fully saturated rings. The Morgan fingerprint density at radius 2 is 2.00 bits per heavy atom. The fourth-order valence-electron chi connectivity index (χ4n) is 2.52. The molecule has 1 aromatic rings. The van der Waals surface area contributed by atoms with E-state index in [0.717, 1.165) is 12.8 Å². The second-order valence-corrected chi connectivity index (χ2v) is 5.23. The molecule has 1 heterocycles. The maximum Gasteiger partial charge on any atom is 0.213 e. The van der Waals surface area contributed by atoms with Gasteiger partial charge in [-0.15, -0.1) is 0 Å². The van der Waals surface area contributed by atoms with Gasteiger partial charge in [-0.05, 0) is 44.7 Å². The lowest BCUT2D eigenvalue weighted by atomic mass is 10.1. The first-order valence-corrected chi connectivity index (χ1v) is 7.31. The molecule has 1 atom stereocenters. The van der Waals surface area contributed by atoms with E-state index in [0.29, 0.717) is 24.5 Å². The number of hydrogen-bond donors (Lipinski definition) is 2. The number of ether oxygens (including phenoxy) is 1. The van der Waals surface area contributed by atoms with Gasteiger partial charge in [0.2, 0.25) is 5.88 Å². The molecule has 1 aromatic heterocycles. The standard InChI is InChI=1S/C15H24N2O2/c16-11-10-14(18)13-8-5-9-15(17-13)19-12-6-3-1-2-4-7-12/h5,8-9,12,14,18H,1-4,6-7,10-11,16H2/t14-/m1/s1. The van der Waals surface area contributed by atoms with E-state index in [4.69, 9.17) is 10.5 Å². The Kier molecular flexibility index (Phi) is 5.61. The molecule has 0 spiro atoms. The van der Waals surface area contributed by atoms with Gasteiger partial charge < -0.3 is 15.6 Å². The molecule has 1 aliphatic carbocycles. The van der Waals surface area contributed by atoms with E-state index < -0.39 is 6.10 Å². The van der Waals surface area contributed by atoms with Gasteiger partial charge in [0.25, 0.3) is 0 Å². The van der Waals surface area contributed by atoms with Crippen LogP contribution in [-0.2, 0) is 0 Å². The molecule has 0 aromatic carbocycles. The highest BCUT2D eigenvalue weighted by Gasteiger charge is 2.15. The van der Waals surface area contributed by atoms with Crippen molar-refractivity contribution in [3.05, 3.63) is 23.9 Å². The minimum Gasteiger partial charge on any atom is -0.474 e. The van der Waals surface area contributed by atoms with Crippen molar-refractivity contribution in [3.8, 4) is 5.88 Å². The monoisotopic (exact) mass is 264 g/mol. The van der Waals surface area contributed by atoms with Gasteiger partial charge in [-0.3, -0.25) is 0 Å². The summed E-state index contributed by atoms with van der Waals surface area (Å²) in [4.78, 5) is 4.39. The number of nitrogens with two attached hydrogens (primary N) is 1. The summed E-state index contributed by atoms with van der Waals surface area (Å²) in [6.45, 7) is 0.455. The fraction of sp³-hybridized carbons (Fsp3) is 0.667. The number of rotatable bonds is 5. The van der Waals surface area contributed by atoms with Gasteiger partial charge in [-0.1, -0.05) is 18.9 Å². The highest BCUT2D eigenvalue weighted by molar-refractivity contribution is 5.17. The largest absolute Gasteiger partial charge is 0.474 e. The summed E-state index contributed by atoms with van der Waals surface area (Å²) in [7, 11) is 0. The molecule has 1 aliphatic rings. The van der Waals surface area contributed by atoms with Crippen molar-refractivity contribution < 1.29 is 9.84 Å². The normalized spacial score (nSPS) is 18.8. The first-order chi connectivity index (χ1) is 9.29. The first-order valence-electron chi connectivity index (χ1n) is 7.31. The second-order valence-electron chi connectivity index (χ2n) is 5.23. The van der Waals surface area contributed by atoms with Crippen LogP contribution >= 0.6 is 0 Å². The highest BCUT2D eigenvalue weighted by Crippen LogP contribution is 2.23. The van der Waals surface area contributed by atoms with Crippen LogP contribution in [-0.4, -0.2) is 22.7 Å². The van der Waals surface area contributed by atoms with Crippen LogP contribution < -0.4 is 10.5 Å². The quantitative estimate of drug-likeness (QED) is 0.802. The zero-order valence-electron chi connectivity index (χ0n) is 11.4. The van der Waals surface area contributed by atoms with Crippen LogP contribution in [0.1, 0.15) is 56.7 Å². The van der Waals surface area contributed by atoms with Crippen LogP contribution in [0.5, 0.6) is 5.88 Å². The van der Waals surface area contributed by atoms with Crippen molar-refractivity contribution in [2.45, 2.75) is 57.2 Å². The number of hydrogen-bond acceptors (Lipinski definition) is 4. The predicted molar refractivity (Wildman–Crippen MR) is 75.0 cm³/mol. The van der Waals surface area contributed by atoms with Crippen LogP contribution in [0.25, 0.3) is 0 Å². The molecule has 3 N–H and O–H groups in total. The molecule has 0 bridgehead atoms.